The van der Waals surface area contributed by atoms with Crippen LogP contribution >= 0.6 is 0 Å². The van der Waals surface area contributed by atoms with Gasteiger partial charge in [0.15, 0.2) is 22.8 Å². The van der Waals surface area contributed by atoms with Crippen LogP contribution in [0.3, 0.4) is 0 Å². The maximum absolute atomic E-state index is 12.6. The zero-order chi connectivity index (χ0) is 19.0. The van der Waals surface area contributed by atoms with Gasteiger partial charge in [-0.15, -0.1) is 0 Å². The number of aromatic nitrogens is 4. The summed E-state index contributed by atoms with van der Waals surface area (Å²) in [5.74, 6) is 0.611. The number of methoxy groups -OCH3 is 2. The summed E-state index contributed by atoms with van der Waals surface area (Å²) >= 11 is 0. The summed E-state index contributed by atoms with van der Waals surface area (Å²) in [6.45, 7) is 3.77. The lowest BCUT2D eigenvalue weighted by Gasteiger charge is -2.11. The van der Waals surface area contributed by atoms with Crippen molar-refractivity contribution in [3.8, 4) is 17.2 Å². The second kappa shape index (κ2) is 6.51. The largest absolute Gasteiger partial charge is 0.493 e. The lowest BCUT2D eigenvalue weighted by Crippen LogP contribution is -2.16. The molecular weight excluding hydrogens is 338 g/mol. The van der Waals surface area contributed by atoms with Crippen LogP contribution in [0.1, 0.15) is 36.1 Å². The number of H-pyrrole nitrogens is 1. The summed E-state index contributed by atoms with van der Waals surface area (Å²) in [6, 6.07) is 5.02. The number of fused-ring (bicyclic) bond motifs is 1. The number of benzene rings is 1. The molecule has 0 aliphatic heterocycles. The maximum Gasteiger partial charge on any atom is 0.332 e. The molecule has 0 bridgehead atoms. The van der Waals surface area contributed by atoms with E-state index in [9.17, 15) is 9.59 Å². The van der Waals surface area contributed by atoms with Gasteiger partial charge in [-0.05, 0) is 12.1 Å². The molecule has 0 spiro atoms. The van der Waals surface area contributed by atoms with Gasteiger partial charge >= 0.3 is 5.69 Å². The quantitative estimate of drug-likeness (QED) is 0.710. The summed E-state index contributed by atoms with van der Waals surface area (Å²) < 4.78 is 11.9. The number of amides is 1. The third kappa shape index (κ3) is 2.77. The van der Waals surface area contributed by atoms with E-state index in [0.29, 0.717) is 23.0 Å². The standard InChI is InChI=1S/C17H19N5O4/c1-8(2)15-19-12(14(18)23)13-16(21-15)22(17(24)20-13)9-5-6-10(25-3)11(7-9)26-4/h5-8H,1-4H3,(H2,18,23)(H,20,24). The van der Waals surface area contributed by atoms with E-state index in [-0.39, 0.29) is 22.8 Å². The number of aromatic amines is 1. The van der Waals surface area contributed by atoms with Crippen LogP contribution < -0.4 is 20.9 Å². The maximum atomic E-state index is 12.6. The molecule has 1 aromatic carbocycles. The molecule has 136 valence electrons. The molecule has 0 atom stereocenters. The van der Waals surface area contributed by atoms with Crippen LogP contribution in [0.5, 0.6) is 11.5 Å². The van der Waals surface area contributed by atoms with Gasteiger partial charge in [-0.1, -0.05) is 13.8 Å². The Morgan fingerprint density at radius 2 is 1.88 bits per heavy atom. The molecule has 0 radical (unpaired) electrons. The molecule has 3 rings (SSSR count). The third-order valence-electron chi connectivity index (χ3n) is 3.93. The molecule has 0 unspecified atom stereocenters. The van der Waals surface area contributed by atoms with E-state index >= 15 is 0 Å². The monoisotopic (exact) mass is 357 g/mol. The smallest absolute Gasteiger partial charge is 0.332 e. The molecule has 9 nitrogen and oxygen atoms in total. The minimum absolute atomic E-state index is 0.0185. The number of hydrogen-bond donors (Lipinski definition) is 2. The number of rotatable bonds is 5. The van der Waals surface area contributed by atoms with E-state index in [4.69, 9.17) is 15.2 Å². The van der Waals surface area contributed by atoms with Gasteiger partial charge in [0.1, 0.15) is 11.3 Å². The van der Waals surface area contributed by atoms with Crippen LogP contribution in [0.4, 0.5) is 0 Å². The normalized spacial score (nSPS) is 11.1. The van der Waals surface area contributed by atoms with Crippen molar-refractivity contribution in [2.45, 2.75) is 19.8 Å². The first kappa shape index (κ1) is 17.5. The van der Waals surface area contributed by atoms with E-state index in [1.807, 2.05) is 13.8 Å². The summed E-state index contributed by atoms with van der Waals surface area (Å²) in [6.07, 6.45) is 0. The Morgan fingerprint density at radius 3 is 2.46 bits per heavy atom. The zero-order valence-corrected chi connectivity index (χ0v) is 14.9. The fraction of sp³-hybridized carbons (Fsp3) is 0.294. The Labute approximate surface area is 148 Å². The Morgan fingerprint density at radius 1 is 1.19 bits per heavy atom. The minimum atomic E-state index is -0.736. The third-order valence-corrected chi connectivity index (χ3v) is 3.93. The fourth-order valence-corrected chi connectivity index (χ4v) is 2.64. The van der Waals surface area contributed by atoms with Gasteiger partial charge in [0.25, 0.3) is 5.91 Å². The van der Waals surface area contributed by atoms with Crippen LogP contribution in [0, 0.1) is 0 Å². The molecule has 3 N–H and O–H groups in total. The van der Waals surface area contributed by atoms with Crippen molar-refractivity contribution in [2.24, 2.45) is 5.73 Å². The first-order valence-electron chi connectivity index (χ1n) is 7.92. The Balaban J connectivity index is 2.35. The first-order valence-corrected chi connectivity index (χ1v) is 7.92. The topological polar surface area (TPSA) is 125 Å². The highest BCUT2D eigenvalue weighted by atomic mass is 16.5. The number of imidazole rings is 1. The summed E-state index contributed by atoms with van der Waals surface area (Å²) in [7, 11) is 3.03. The highest BCUT2D eigenvalue weighted by molar-refractivity contribution is 6.01. The van der Waals surface area contributed by atoms with Crippen LogP contribution in [-0.2, 0) is 0 Å². The average Bonchev–Trinajstić information content (AvgIpc) is 2.95. The predicted molar refractivity (Wildman–Crippen MR) is 95.2 cm³/mol. The molecule has 0 aliphatic rings. The van der Waals surface area contributed by atoms with Crippen molar-refractivity contribution < 1.29 is 14.3 Å². The van der Waals surface area contributed by atoms with Crippen molar-refractivity contribution in [1.82, 2.24) is 19.5 Å². The lowest BCUT2D eigenvalue weighted by molar-refractivity contribution is 0.0996. The van der Waals surface area contributed by atoms with Gasteiger partial charge in [0.05, 0.1) is 19.9 Å². The Bertz CT molecular complexity index is 1050. The summed E-state index contributed by atoms with van der Waals surface area (Å²) in [5.41, 5.74) is 5.92. The summed E-state index contributed by atoms with van der Waals surface area (Å²) in [5, 5.41) is 0. The SMILES string of the molecule is COc1ccc(-n2c(=O)[nH]c3c(C(N)=O)nc(C(C)C)nc32)cc1OC. The number of nitrogens with zero attached hydrogens (tertiary/aromatic N) is 3. The number of carbonyl (C=O) groups is 1. The van der Waals surface area contributed by atoms with E-state index in [1.54, 1.807) is 18.2 Å². The Kier molecular flexibility index (Phi) is 4.37. The van der Waals surface area contributed by atoms with Crippen molar-refractivity contribution in [1.29, 1.82) is 0 Å². The van der Waals surface area contributed by atoms with Crippen molar-refractivity contribution in [2.75, 3.05) is 14.2 Å². The van der Waals surface area contributed by atoms with Gasteiger partial charge in [-0.2, -0.15) is 0 Å². The molecule has 2 aromatic heterocycles. The fourth-order valence-electron chi connectivity index (χ4n) is 2.64. The number of nitrogens with two attached hydrogens (primary N) is 1. The van der Waals surface area contributed by atoms with Crippen molar-refractivity contribution >= 4 is 17.1 Å². The van der Waals surface area contributed by atoms with Crippen LogP contribution in [0.2, 0.25) is 0 Å². The zero-order valence-electron chi connectivity index (χ0n) is 14.9. The van der Waals surface area contributed by atoms with Gasteiger partial charge in [0.2, 0.25) is 0 Å². The summed E-state index contributed by atoms with van der Waals surface area (Å²) in [4.78, 5) is 35.6. The number of carbonyl (C=O) groups excluding carboxylic acids is 1. The van der Waals surface area contributed by atoms with E-state index in [2.05, 4.69) is 15.0 Å². The lowest BCUT2D eigenvalue weighted by atomic mass is 10.2. The molecule has 1 amide bonds. The highest BCUT2D eigenvalue weighted by Gasteiger charge is 2.21. The molecule has 0 aliphatic carbocycles. The molecule has 26 heavy (non-hydrogen) atoms. The van der Waals surface area contributed by atoms with E-state index < -0.39 is 11.6 Å². The second-order valence-corrected chi connectivity index (χ2v) is 5.95. The Hall–Kier alpha value is -3.36. The molecule has 0 fully saturated rings. The molecule has 9 heteroatoms. The van der Waals surface area contributed by atoms with Gasteiger partial charge in [-0.25, -0.2) is 19.3 Å². The molecular formula is C17H19N5O4. The van der Waals surface area contributed by atoms with E-state index in [1.165, 1.54) is 18.8 Å². The predicted octanol–water partition coefficient (Wildman–Crippen LogP) is 1.35. The number of primary amides is 1. The minimum Gasteiger partial charge on any atom is -0.493 e. The first-order chi connectivity index (χ1) is 12.4. The van der Waals surface area contributed by atoms with Gasteiger partial charge in [0, 0.05) is 12.0 Å². The molecule has 2 heterocycles. The highest BCUT2D eigenvalue weighted by Crippen LogP contribution is 2.29. The van der Waals surface area contributed by atoms with Gasteiger partial charge in [-0.3, -0.25) is 4.79 Å². The second-order valence-electron chi connectivity index (χ2n) is 5.95. The van der Waals surface area contributed by atoms with Crippen LogP contribution in [-0.4, -0.2) is 39.6 Å². The number of ether oxygens (including phenoxy) is 2. The van der Waals surface area contributed by atoms with Crippen LogP contribution in [0.15, 0.2) is 23.0 Å². The number of hydrogen-bond acceptors (Lipinski definition) is 6. The average molecular weight is 357 g/mol. The number of nitrogens with one attached hydrogen (secondary N) is 1. The van der Waals surface area contributed by atoms with Gasteiger partial charge < -0.3 is 20.2 Å². The van der Waals surface area contributed by atoms with Crippen molar-refractivity contribution in [3.63, 3.8) is 0 Å². The molecule has 3 aromatic rings. The molecule has 0 saturated carbocycles. The van der Waals surface area contributed by atoms with E-state index in [0.717, 1.165) is 0 Å². The van der Waals surface area contributed by atoms with Crippen molar-refractivity contribution in [3.05, 3.63) is 40.2 Å². The van der Waals surface area contributed by atoms with Crippen LogP contribution in [0.25, 0.3) is 16.9 Å². The molecule has 0 saturated heterocycles.